The second kappa shape index (κ2) is 9.49. The molecule has 2 heterocycles. The van der Waals surface area contributed by atoms with Crippen molar-refractivity contribution in [1.29, 1.82) is 0 Å². The highest BCUT2D eigenvalue weighted by Crippen LogP contribution is 2.21. The number of hydrogen-bond acceptors (Lipinski definition) is 4. The van der Waals surface area contributed by atoms with Gasteiger partial charge < -0.3 is 9.47 Å². The van der Waals surface area contributed by atoms with Gasteiger partial charge in [-0.25, -0.2) is 9.18 Å². The number of halogens is 2. The molecule has 1 aliphatic heterocycles. The van der Waals surface area contributed by atoms with E-state index in [0.29, 0.717) is 29.2 Å². The molecule has 0 radical (unpaired) electrons. The summed E-state index contributed by atoms with van der Waals surface area (Å²) in [7, 11) is 0. The number of H-pyrrole nitrogens is 1. The van der Waals surface area contributed by atoms with Gasteiger partial charge in [0.1, 0.15) is 5.82 Å². The van der Waals surface area contributed by atoms with Crippen LogP contribution >= 0.6 is 11.6 Å². The Hall–Kier alpha value is -1.96. The zero-order valence-corrected chi connectivity index (χ0v) is 16.8. The molecule has 0 amide bonds. The summed E-state index contributed by atoms with van der Waals surface area (Å²) in [6.45, 7) is 7.42. The van der Waals surface area contributed by atoms with Crippen LogP contribution in [0.4, 0.5) is 4.39 Å². The Bertz CT molecular complexity index is 899. The SMILES string of the molecule is Cc1cn(CCCCN2CCN(Cc3c(F)cccc3Cl)CC2)c(=O)[nH]c1=O. The van der Waals surface area contributed by atoms with E-state index < -0.39 is 0 Å². The quantitative estimate of drug-likeness (QED) is 0.714. The Balaban J connectivity index is 1.40. The Morgan fingerprint density at radius 1 is 1.07 bits per heavy atom. The molecule has 1 aromatic carbocycles. The molecule has 3 rings (SSSR count). The Morgan fingerprint density at radius 3 is 2.46 bits per heavy atom. The first-order valence-corrected chi connectivity index (χ1v) is 10.00. The molecular formula is C20H26ClFN4O2. The lowest BCUT2D eigenvalue weighted by Gasteiger charge is -2.34. The smallest absolute Gasteiger partial charge is 0.301 e. The van der Waals surface area contributed by atoms with Gasteiger partial charge >= 0.3 is 5.69 Å². The second-order valence-corrected chi connectivity index (χ2v) is 7.70. The lowest BCUT2D eigenvalue weighted by Crippen LogP contribution is -2.46. The number of benzene rings is 1. The first-order valence-electron chi connectivity index (χ1n) is 9.62. The third-order valence-corrected chi connectivity index (χ3v) is 5.57. The molecule has 0 aliphatic carbocycles. The number of aromatic nitrogens is 2. The summed E-state index contributed by atoms with van der Waals surface area (Å²) in [4.78, 5) is 30.1. The highest BCUT2D eigenvalue weighted by molar-refractivity contribution is 6.31. The van der Waals surface area contributed by atoms with E-state index in [1.807, 2.05) is 0 Å². The topological polar surface area (TPSA) is 61.3 Å². The highest BCUT2D eigenvalue weighted by atomic mass is 35.5. The molecule has 1 aliphatic rings. The van der Waals surface area contributed by atoms with Gasteiger partial charge in [-0.05, 0) is 38.4 Å². The number of nitrogens with one attached hydrogen (secondary N) is 1. The average Bonchev–Trinajstić information content (AvgIpc) is 2.67. The van der Waals surface area contributed by atoms with Crippen molar-refractivity contribution in [2.75, 3.05) is 32.7 Å². The molecule has 0 saturated carbocycles. The Labute approximate surface area is 168 Å². The lowest BCUT2D eigenvalue weighted by atomic mass is 10.1. The number of piperazine rings is 1. The number of rotatable bonds is 7. The van der Waals surface area contributed by atoms with E-state index in [0.717, 1.165) is 45.6 Å². The summed E-state index contributed by atoms with van der Waals surface area (Å²) in [6, 6.07) is 4.81. The summed E-state index contributed by atoms with van der Waals surface area (Å²) in [6.07, 6.45) is 3.47. The van der Waals surface area contributed by atoms with Crippen molar-refractivity contribution in [3.8, 4) is 0 Å². The van der Waals surface area contributed by atoms with Crippen LogP contribution in [-0.2, 0) is 13.1 Å². The van der Waals surface area contributed by atoms with Gasteiger partial charge in [-0.2, -0.15) is 0 Å². The molecule has 8 heteroatoms. The second-order valence-electron chi connectivity index (χ2n) is 7.29. The normalized spacial score (nSPS) is 15.8. The minimum Gasteiger partial charge on any atom is -0.301 e. The molecular weight excluding hydrogens is 383 g/mol. The highest BCUT2D eigenvalue weighted by Gasteiger charge is 2.19. The average molecular weight is 409 g/mol. The van der Waals surface area contributed by atoms with Crippen LogP contribution in [0.1, 0.15) is 24.0 Å². The van der Waals surface area contributed by atoms with Crippen LogP contribution in [0.5, 0.6) is 0 Å². The number of aromatic amines is 1. The van der Waals surface area contributed by atoms with Gasteiger partial charge in [-0.15, -0.1) is 0 Å². The van der Waals surface area contributed by atoms with Crippen molar-refractivity contribution in [2.45, 2.75) is 32.9 Å². The van der Waals surface area contributed by atoms with Crippen molar-refractivity contribution in [3.05, 3.63) is 67.2 Å². The van der Waals surface area contributed by atoms with E-state index >= 15 is 0 Å². The van der Waals surface area contributed by atoms with E-state index in [2.05, 4.69) is 14.8 Å². The lowest BCUT2D eigenvalue weighted by molar-refractivity contribution is 0.124. The standard InChI is InChI=1S/C20H26ClFN4O2/c1-15-13-26(20(28)23-19(15)27)8-3-2-7-24-9-11-25(12-10-24)14-16-17(21)5-4-6-18(16)22/h4-6,13H,2-3,7-12,14H2,1H3,(H,23,27,28). The molecule has 152 valence electrons. The van der Waals surface area contributed by atoms with Gasteiger partial charge in [0, 0.05) is 61.6 Å². The fourth-order valence-corrected chi connectivity index (χ4v) is 3.70. The Kier molecular flexibility index (Phi) is 7.04. The van der Waals surface area contributed by atoms with Crippen LogP contribution < -0.4 is 11.2 Å². The fourth-order valence-electron chi connectivity index (χ4n) is 3.48. The molecule has 2 aromatic rings. The third-order valence-electron chi connectivity index (χ3n) is 5.22. The molecule has 0 spiro atoms. The van der Waals surface area contributed by atoms with E-state index in [1.54, 1.807) is 29.8 Å². The first kappa shape index (κ1) is 20.8. The monoisotopic (exact) mass is 408 g/mol. The van der Waals surface area contributed by atoms with Gasteiger partial charge in [0.2, 0.25) is 0 Å². The fraction of sp³-hybridized carbons (Fsp3) is 0.500. The van der Waals surface area contributed by atoms with Crippen LogP contribution in [0, 0.1) is 12.7 Å². The number of nitrogens with zero attached hydrogens (tertiary/aromatic N) is 3. The molecule has 1 fully saturated rings. The van der Waals surface area contributed by atoms with Gasteiger partial charge in [0.05, 0.1) is 0 Å². The maximum absolute atomic E-state index is 13.9. The molecule has 1 N–H and O–H groups in total. The van der Waals surface area contributed by atoms with Gasteiger partial charge in [0.25, 0.3) is 5.56 Å². The summed E-state index contributed by atoms with van der Waals surface area (Å²) in [5.41, 5.74) is 0.441. The van der Waals surface area contributed by atoms with Crippen molar-refractivity contribution in [2.24, 2.45) is 0 Å². The zero-order valence-electron chi connectivity index (χ0n) is 16.1. The largest absolute Gasteiger partial charge is 0.328 e. The summed E-state index contributed by atoms with van der Waals surface area (Å²) >= 11 is 6.12. The maximum atomic E-state index is 13.9. The van der Waals surface area contributed by atoms with Crippen LogP contribution in [0.15, 0.2) is 34.0 Å². The van der Waals surface area contributed by atoms with E-state index in [-0.39, 0.29) is 17.1 Å². The minimum atomic E-state index is -0.351. The van der Waals surface area contributed by atoms with E-state index in [9.17, 15) is 14.0 Å². The van der Waals surface area contributed by atoms with Crippen molar-refractivity contribution >= 4 is 11.6 Å². The number of unbranched alkanes of at least 4 members (excludes halogenated alkanes) is 1. The summed E-state index contributed by atoms with van der Waals surface area (Å²) in [5, 5.41) is 0.482. The molecule has 6 nitrogen and oxygen atoms in total. The molecule has 0 bridgehead atoms. The van der Waals surface area contributed by atoms with E-state index in [1.165, 1.54) is 6.07 Å². The van der Waals surface area contributed by atoms with Gasteiger partial charge in [-0.3, -0.25) is 14.7 Å². The number of aryl methyl sites for hydroxylation is 2. The first-order chi connectivity index (χ1) is 13.4. The molecule has 1 aromatic heterocycles. The van der Waals surface area contributed by atoms with Crippen LogP contribution in [0.2, 0.25) is 5.02 Å². The predicted octanol–water partition coefficient (Wildman–Crippen LogP) is 2.24. The van der Waals surface area contributed by atoms with Crippen molar-refractivity contribution < 1.29 is 4.39 Å². The summed E-state index contributed by atoms with van der Waals surface area (Å²) < 4.78 is 15.5. The Morgan fingerprint density at radius 2 is 1.75 bits per heavy atom. The van der Waals surface area contributed by atoms with E-state index in [4.69, 9.17) is 11.6 Å². The van der Waals surface area contributed by atoms with Crippen molar-refractivity contribution in [1.82, 2.24) is 19.4 Å². The van der Waals surface area contributed by atoms with Crippen LogP contribution in [0.3, 0.4) is 0 Å². The van der Waals surface area contributed by atoms with Crippen LogP contribution in [0.25, 0.3) is 0 Å². The molecule has 0 unspecified atom stereocenters. The molecule has 1 saturated heterocycles. The molecule has 28 heavy (non-hydrogen) atoms. The summed E-state index contributed by atoms with van der Waals surface area (Å²) in [5.74, 6) is -0.248. The third kappa shape index (κ3) is 5.31. The molecule has 0 atom stereocenters. The zero-order chi connectivity index (χ0) is 20.1. The van der Waals surface area contributed by atoms with Crippen molar-refractivity contribution in [3.63, 3.8) is 0 Å². The van der Waals surface area contributed by atoms with Gasteiger partial charge in [-0.1, -0.05) is 17.7 Å². The maximum Gasteiger partial charge on any atom is 0.328 e. The van der Waals surface area contributed by atoms with Crippen LogP contribution in [-0.4, -0.2) is 52.1 Å². The predicted molar refractivity (Wildman–Crippen MR) is 108 cm³/mol. The van der Waals surface area contributed by atoms with Gasteiger partial charge in [0.15, 0.2) is 0 Å². The minimum absolute atomic E-state index is 0.248. The number of hydrogen-bond donors (Lipinski definition) is 1.